The van der Waals surface area contributed by atoms with Gasteiger partial charge in [0.2, 0.25) is 5.91 Å². The number of urea groups is 1. The molecule has 0 atom stereocenters. The molecule has 202 valence electrons. The lowest BCUT2D eigenvalue weighted by atomic mass is 9.85. The summed E-state index contributed by atoms with van der Waals surface area (Å²) >= 11 is 0. The van der Waals surface area contributed by atoms with E-state index in [4.69, 9.17) is 0 Å². The van der Waals surface area contributed by atoms with Gasteiger partial charge in [0, 0.05) is 31.9 Å². The molecular formula is C31H35N5O3. The Hall–Kier alpha value is -4.33. The van der Waals surface area contributed by atoms with Crippen molar-refractivity contribution in [3.63, 3.8) is 0 Å². The third-order valence-corrected chi connectivity index (χ3v) is 7.66. The van der Waals surface area contributed by atoms with Crippen LogP contribution in [0.15, 0.2) is 91.0 Å². The van der Waals surface area contributed by atoms with Gasteiger partial charge in [0.15, 0.2) is 0 Å². The van der Waals surface area contributed by atoms with Crippen molar-refractivity contribution in [1.82, 2.24) is 20.4 Å². The van der Waals surface area contributed by atoms with Gasteiger partial charge >= 0.3 is 6.03 Å². The first-order valence-electron chi connectivity index (χ1n) is 13.5. The molecule has 0 bridgehead atoms. The molecule has 2 saturated heterocycles. The zero-order chi connectivity index (χ0) is 27.1. The van der Waals surface area contributed by atoms with Gasteiger partial charge in [0.1, 0.15) is 12.1 Å². The van der Waals surface area contributed by atoms with Crippen LogP contribution in [-0.4, -0.2) is 66.0 Å². The van der Waals surface area contributed by atoms with Gasteiger partial charge in [0.05, 0.1) is 6.67 Å². The maximum atomic E-state index is 13.9. The van der Waals surface area contributed by atoms with E-state index in [1.165, 1.54) is 0 Å². The number of carbonyl (C=O) groups excluding carboxylic acids is 3. The van der Waals surface area contributed by atoms with Gasteiger partial charge in [-0.05, 0) is 42.5 Å². The Morgan fingerprint density at radius 1 is 0.769 bits per heavy atom. The normalized spacial score (nSPS) is 16.4. The average Bonchev–Trinajstić information content (AvgIpc) is 3.24. The minimum Gasteiger partial charge on any atom is -0.354 e. The van der Waals surface area contributed by atoms with Crippen molar-refractivity contribution in [3.05, 3.63) is 102 Å². The summed E-state index contributed by atoms with van der Waals surface area (Å²) in [7, 11) is 0. The highest BCUT2D eigenvalue weighted by Gasteiger charge is 2.54. The van der Waals surface area contributed by atoms with Gasteiger partial charge in [-0.15, -0.1) is 0 Å². The molecule has 0 unspecified atom stereocenters. The molecule has 0 radical (unpaired) electrons. The monoisotopic (exact) mass is 525 g/mol. The van der Waals surface area contributed by atoms with Crippen molar-refractivity contribution < 1.29 is 14.4 Å². The van der Waals surface area contributed by atoms with Gasteiger partial charge in [-0.25, -0.2) is 4.79 Å². The van der Waals surface area contributed by atoms with Gasteiger partial charge in [-0.1, -0.05) is 78.9 Å². The number of amides is 4. The molecule has 5 rings (SSSR count). The maximum Gasteiger partial charge on any atom is 0.317 e. The lowest BCUT2D eigenvalue weighted by Gasteiger charge is -2.43. The molecule has 2 aliphatic rings. The number of likely N-dealkylation sites (tertiary alicyclic amines) is 1. The Balaban J connectivity index is 1.22. The molecule has 1 spiro atoms. The first-order chi connectivity index (χ1) is 19.0. The number of anilines is 1. The van der Waals surface area contributed by atoms with Crippen LogP contribution in [0.2, 0.25) is 0 Å². The summed E-state index contributed by atoms with van der Waals surface area (Å²) in [6.45, 7) is 2.27. The highest BCUT2D eigenvalue weighted by Crippen LogP contribution is 2.39. The third-order valence-electron chi connectivity index (χ3n) is 7.66. The summed E-state index contributed by atoms with van der Waals surface area (Å²) in [5, 5.41) is 5.95. The van der Waals surface area contributed by atoms with E-state index in [0.717, 1.165) is 23.2 Å². The van der Waals surface area contributed by atoms with E-state index >= 15 is 0 Å². The van der Waals surface area contributed by atoms with Gasteiger partial charge in [0.25, 0.3) is 5.91 Å². The Kier molecular flexibility index (Phi) is 8.10. The summed E-state index contributed by atoms with van der Waals surface area (Å²) in [6, 6.07) is 29.5. The van der Waals surface area contributed by atoms with Crippen LogP contribution >= 0.6 is 0 Å². The standard InChI is InChI=1S/C31H35N5O3/c37-28(32-19-16-25-10-4-1-5-11-25)23-35-24-36(27-14-8-3-9-15-27)31(29(35)38)17-20-34(21-18-31)30(39)33-22-26-12-6-2-7-13-26/h1-15H,16-24H2,(H,32,37)(H,33,39). The lowest BCUT2D eigenvalue weighted by Crippen LogP contribution is -2.58. The first kappa shape index (κ1) is 26.3. The molecule has 3 aromatic carbocycles. The van der Waals surface area contributed by atoms with Gasteiger partial charge in [-0.2, -0.15) is 0 Å². The van der Waals surface area contributed by atoms with Crippen molar-refractivity contribution in [2.24, 2.45) is 0 Å². The van der Waals surface area contributed by atoms with E-state index in [-0.39, 0.29) is 24.4 Å². The fourth-order valence-corrected chi connectivity index (χ4v) is 5.51. The van der Waals surface area contributed by atoms with E-state index in [2.05, 4.69) is 15.5 Å². The zero-order valence-electron chi connectivity index (χ0n) is 22.1. The fraction of sp³-hybridized carbons (Fsp3) is 0.323. The van der Waals surface area contributed by atoms with Crippen molar-refractivity contribution >= 4 is 23.5 Å². The molecule has 2 N–H and O–H groups in total. The number of rotatable bonds is 8. The van der Waals surface area contributed by atoms with Gasteiger partial charge < -0.3 is 25.3 Å². The molecule has 2 aliphatic heterocycles. The summed E-state index contributed by atoms with van der Waals surface area (Å²) in [6.07, 6.45) is 1.75. The molecule has 2 fully saturated rings. The second-order valence-electron chi connectivity index (χ2n) is 10.2. The van der Waals surface area contributed by atoms with Crippen LogP contribution in [-0.2, 0) is 22.6 Å². The number of nitrogens with one attached hydrogen (secondary N) is 2. The van der Waals surface area contributed by atoms with Crippen LogP contribution < -0.4 is 15.5 Å². The van der Waals surface area contributed by atoms with E-state index in [9.17, 15) is 14.4 Å². The number of carbonyl (C=O) groups is 3. The highest BCUT2D eigenvalue weighted by molar-refractivity contribution is 5.96. The van der Waals surface area contributed by atoms with Crippen LogP contribution in [0, 0.1) is 0 Å². The van der Waals surface area contributed by atoms with Crippen molar-refractivity contribution in [2.45, 2.75) is 31.3 Å². The molecule has 0 saturated carbocycles. The fourth-order valence-electron chi connectivity index (χ4n) is 5.51. The molecular weight excluding hydrogens is 490 g/mol. The summed E-state index contributed by atoms with van der Waals surface area (Å²) in [5.41, 5.74) is 2.36. The molecule has 4 amide bonds. The van der Waals surface area contributed by atoms with E-state index in [0.29, 0.717) is 45.7 Å². The molecule has 0 aliphatic carbocycles. The topological polar surface area (TPSA) is 85.0 Å². The van der Waals surface area contributed by atoms with Crippen molar-refractivity contribution in [3.8, 4) is 0 Å². The Morgan fingerprint density at radius 2 is 1.36 bits per heavy atom. The zero-order valence-corrected chi connectivity index (χ0v) is 22.1. The number of hydrogen-bond acceptors (Lipinski definition) is 4. The number of piperidine rings is 1. The first-order valence-corrected chi connectivity index (χ1v) is 13.5. The van der Waals surface area contributed by atoms with E-state index in [1.807, 2.05) is 91.0 Å². The molecule has 8 nitrogen and oxygen atoms in total. The second-order valence-corrected chi connectivity index (χ2v) is 10.2. The molecule has 2 heterocycles. The number of benzene rings is 3. The van der Waals surface area contributed by atoms with Crippen LogP contribution in [0.25, 0.3) is 0 Å². The number of para-hydroxylation sites is 1. The number of hydrogen-bond donors (Lipinski definition) is 2. The summed E-state index contributed by atoms with van der Waals surface area (Å²) < 4.78 is 0. The van der Waals surface area contributed by atoms with E-state index in [1.54, 1.807) is 9.80 Å². The quantitative estimate of drug-likeness (QED) is 0.472. The summed E-state index contributed by atoms with van der Waals surface area (Å²) in [5.74, 6) is -0.212. The Bertz CT molecular complexity index is 1260. The van der Waals surface area contributed by atoms with Crippen LogP contribution in [0.4, 0.5) is 10.5 Å². The highest BCUT2D eigenvalue weighted by atomic mass is 16.2. The van der Waals surface area contributed by atoms with E-state index < -0.39 is 5.54 Å². The molecule has 3 aromatic rings. The predicted octanol–water partition coefficient (Wildman–Crippen LogP) is 3.40. The SMILES string of the molecule is O=C(CN1CN(c2ccccc2)C2(CCN(C(=O)NCc3ccccc3)CC2)C1=O)NCCc1ccccc1. The predicted molar refractivity (Wildman–Crippen MR) is 151 cm³/mol. The minimum absolute atomic E-state index is 0.0139. The number of nitrogens with zero attached hydrogens (tertiary/aromatic N) is 3. The lowest BCUT2D eigenvalue weighted by molar-refractivity contribution is -0.137. The third kappa shape index (κ3) is 6.06. The average molecular weight is 526 g/mol. The largest absolute Gasteiger partial charge is 0.354 e. The molecule has 0 aromatic heterocycles. The second kappa shape index (κ2) is 12.0. The smallest absolute Gasteiger partial charge is 0.317 e. The molecule has 8 heteroatoms. The minimum atomic E-state index is -0.776. The van der Waals surface area contributed by atoms with Crippen LogP contribution in [0.3, 0.4) is 0 Å². The van der Waals surface area contributed by atoms with Gasteiger partial charge in [-0.3, -0.25) is 9.59 Å². The Labute approximate surface area is 229 Å². The van der Waals surface area contributed by atoms with Crippen molar-refractivity contribution in [1.29, 1.82) is 0 Å². The summed E-state index contributed by atoms with van der Waals surface area (Å²) in [4.78, 5) is 45.1. The molecule has 39 heavy (non-hydrogen) atoms. The van der Waals surface area contributed by atoms with Crippen LogP contribution in [0.1, 0.15) is 24.0 Å². The maximum absolute atomic E-state index is 13.9. The van der Waals surface area contributed by atoms with Crippen molar-refractivity contribution in [2.75, 3.05) is 37.7 Å². The Morgan fingerprint density at radius 3 is 2.00 bits per heavy atom. The van der Waals surface area contributed by atoms with Crippen LogP contribution in [0.5, 0.6) is 0 Å².